The van der Waals surface area contributed by atoms with Crippen LogP contribution >= 0.6 is 0 Å². The van der Waals surface area contributed by atoms with E-state index < -0.39 is 17.3 Å². The van der Waals surface area contributed by atoms with E-state index in [1.807, 2.05) is 37.3 Å². The van der Waals surface area contributed by atoms with Crippen molar-refractivity contribution in [3.05, 3.63) is 80.5 Å². The Hall–Kier alpha value is -4.21. The van der Waals surface area contributed by atoms with E-state index in [1.54, 1.807) is 44.2 Å². The van der Waals surface area contributed by atoms with Gasteiger partial charge >= 0.3 is 5.69 Å². The van der Waals surface area contributed by atoms with Crippen LogP contribution in [0.1, 0.15) is 31.0 Å². The fourth-order valence-electron chi connectivity index (χ4n) is 3.87. The van der Waals surface area contributed by atoms with E-state index in [1.165, 1.54) is 4.57 Å². The number of rotatable bonds is 10. The number of aromatic amines is 1. The third-order valence-corrected chi connectivity index (χ3v) is 5.71. The summed E-state index contributed by atoms with van der Waals surface area (Å²) in [7, 11) is 3.12. The molecule has 1 heterocycles. The number of benzene rings is 2. The minimum atomic E-state index is -0.644. The number of hydrogen-bond donors (Lipinski definition) is 3. The van der Waals surface area contributed by atoms with Crippen molar-refractivity contribution < 1.29 is 14.3 Å². The van der Waals surface area contributed by atoms with Crippen LogP contribution in [-0.4, -0.2) is 42.8 Å². The summed E-state index contributed by atoms with van der Waals surface area (Å²) in [6, 6.07) is 14.2. The average molecular weight is 482 g/mol. The number of anilines is 2. The number of amides is 1. The average Bonchev–Trinajstić information content (AvgIpc) is 2.85. The van der Waals surface area contributed by atoms with E-state index in [9.17, 15) is 14.4 Å². The van der Waals surface area contributed by atoms with E-state index in [2.05, 4.69) is 10.3 Å². The van der Waals surface area contributed by atoms with Crippen LogP contribution in [0.4, 0.5) is 11.5 Å². The van der Waals surface area contributed by atoms with Crippen molar-refractivity contribution in [2.75, 3.05) is 37.9 Å². The number of ether oxygens (including phenoxy) is 2. The van der Waals surface area contributed by atoms with Crippen LogP contribution in [-0.2, 0) is 11.3 Å². The second-order valence-corrected chi connectivity index (χ2v) is 7.98. The molecule has 4 N–H and O–H groups in total. The van der Waals surface area contributed by atoms with Crippen LogP contribution in [0.3, 0.4) is 0 Å². The molecule has 0 fully saturated rings. The van der Waals surface area contributed by atoms with Gasteiger partial charge in [0.2, 0.25) is 5.91 Å². The number of nitrogens with zero attached hydrogens (tertiary/aromatic N) is 2. The number of methoxy groups -OCH3 is 2. The molecule has 0 saturated heterocycles. The van der Waals surface area contributed by atoms with Gasteiger partial charge in [-0.2, -0.15) is 0 Å². The van der Waals surface area contributed by atoms with Gasteiger partial charge in [0.15, 0.2) is 0 Å². The highest BCUT2D eigenvalue weighted by atomic mass is 16.5. The van der Waals surface area contributed by atoms with Gasteiger partial charge in [-0.05, 0) is 37.6 Å². The molecule has 3 aromatic rings. The molecule has 1 atom stereocenters. The smallest absolute Gasteiger partial charge is 0.330 e. The van der Waals surface area contributed by atoms with E-state index >= 15 is 0 Å². The fourth-order valence-corrected chi connectivity index (χ4v) is 3.87. The van der Waals surface area contributed by atoms with Crippen LogP contribution in [0.5, 0.6) is 11.5 Å². The number of H-pyrrole nitrogens is 1. The Morgan fingerprint density at radius 3 is 2.49 bits per heavy atom. The van der Waals surface area contributed by atoms with Crippen LogP contribution < -0.4 is 36.7 Å². The highest BCUT2D eigenvalue weighted by molar-refractivity contribution is 5.83. The van der Waals surface area contributed by atoms with Crippen molar-refractivity contribution in [2.24, 2.45) is 0 Å². The molecule has 35 heavy (non-hydrogen) atoms. The first-order valence-electron chi connectivity index (χ1n) is 11.2. The highest BCUT2D eigenvalue weighted by Gasteiger charge is 2.22. The van der Waals surface area contributed by atoms with Gasteiger partial charge in [-0.25, -0.2) is 4.79 Å². The van der Waals surface area contributed by atoms with Crippen LogP contribution in [0.15, 0.2) is 58.1 Å². The van der Waals surface area contributed by atoms with Gasteiger partial charge in [0.1, 0.15) is 23.0 Å². The van der Waals surface area contributed by atoms with Crippen LogP contribution in [0.25, 0.3) is 0 Å². The molecule has 0 radical (unpaired) electrons. The first-order chi connectivity index (χ1) is 16.8. The lowest BCUT2D eigenvalue weighted by molar-refractivity contribution is -0.120. The maximum Gasteiger partial charge on any atom is 0.330 e. The summed E-state index contributed by atoms with van der Waals surface area (Å²) >= 11 is 0. The van der Waals surface area contributed by atoms with Crippen molar-refractivity contribution >= 4 is 17.4 Å². The Labute approximate surface area is 203 Å². The van der Waals surface area contributed by atoms with Gasteiger partial charge in [-0.3, -0.25) is 19.1 Å². The first kappa shape index (κ1) is 25.4. The molecule has 0 aliphatic heterocycles. The molecular formula is C25H31N5O5. The summed E-state index contributed by atoms with van der Waals surface area (Å²) in [5, 5.41) is 2.92. The van der Waals surface area contributed by atoms with Crippen LogP contribution in [0.2, 0.25) is 0 Å². The third kappa shape index (κ3) is 5.84. The summed E-state index contributed by atoms with van der Waals surface area (Å²) < 4.78 is 12.0. The summed E-state index contributed by atoms with van der Waals surface area (Å²) in [5.74, 6) is 0.917. The molecule has 0 aliphatic rings. The Bertz CT molecular complexity index is 1290. The predicted molar refractivity (Wildman–Crippen MR) is 135 cm³/mol. The molecule has 0 spiro atoms. The molecule has 0 saturated carbocycles. The van der Waals surface area contributed by atoms with Crippen LogP contribution in [0, 0.1) is 0 Å². The molecule has 10 nitrogen and oxygen atoms in total. The van der Waals surface area contributed by atoms with Crippen molar-refractivity contribution in [1.29, 1.82) is 0 Å². The van der Waals surface area contributed by atoms with Gasteiger partial charge in [0, 0.05) is 12.1 Å². The molecular weight excluding hydrogens is 450 g/mol. The Balaban J connectivity index is 1.84. The highest BCUT2D eigenvalue weighted by Crippen LogP contribution is 2.29. The molecule has 10 heteroatoms. The molecule has 186 valence electrons. The second-order valence-electron chi connectivity index (χ2n) is 7.98. The van der Waals surface area contributed by atoms with Crippen molar-refractivity contribution in [3.8, 4) is 11.5 Å². The summed E-state index contributed by atoms with van der Waals surface area (Å²) in [4.78, 5) is 42.0. The number of likely N-dealkylation sites (N-methyl/N-ethyl adjacent to an activating group) is 1. The predicted octanol–water partition coefficient (Wildman–Crippen LogP) is 1.89. The zero-order valence-corrected chi connectivity index (χ0v) is 20.3. The monoisotopic (exact) mass is 481 g/mol. The Morgan fingerprint density at radius 1 is 1.14 bits per heavy atom. The molecule has 0 bridgehead atoms. The fraction of sp³-hybridized carbons (Fsp3) is 0.320. The number of nitrogens with one attached hydrogen (secondary N) is 2. The van der Waals surface area contributed by atoms with Gasteiger partial charge in [0.25, 0.3) is 5.56 Å². The van der Waals surface area contributed by atoms with E-state index in [-0.39, 0.29) is 30.5 Å². The molecule has 1 unspecified atom stereocenters. The van der Waals surface area contributed by atoms with Gasteiger partial charge in [0.05, 0.1) is 33.4 Å². The standard InChI is InChI=1S/C25H31N5O5/c1-5-29(15-21(31)27-16(2)19-13-18(34-3)11-12-20(19)35-4)22-23(26)30(25(33)28-24(22)32)14-17-9-7-6-8-10-17/h6-13,16H,5,14-15,26H2,1-4H3,(H,27,31)(H,28,32,33). The molecule has 1 amide bonds. The molecule has 1 aromatic heterocycles. The number of carbonyl (C=O) groups is 1. The lowest BCUT2D eigenvalue weighted by Gasteiger charge is -2.25. The lowest BCUT2D eigenvalue weighted by atomic mass is 10.1. The topological polar surface area (TPSA) is 132 Å². The molecule has 3 rings (SSSR count). The van der Waals surface area contributed by atoms with E-state index in [4.69, 9.17) is 15.2 Å². The normalized spacial score (nSPS) is 11.5. The Kier molecular flexibility index (Phi) is 8.19. The quantitative estimate of drug-likeness (QED) is 0.403. The minimum absolute atomic E-state index is 0.000216. The maximum atomic E-state index is 12.9. The number of nitrogen functional groups attached to an aromatic ring is 1. The largest absolute Gasteiger partial charge is 0.497 e. The number of hydrogen-bond acceptors (Lipinski definition) is 7. The summed E-state index contributed by atoms with van der Waals surface area (Å²) in [6.07, 6.45) is 0. The van der Waals surface area contributed by atoms with Crippen molar-refractivity contribution in [2.45, 2.75) is 26.4 Å². The van der Waals surface area contributed by atoms with E-state index in [0.29, 0.717) is 18.0 Å². The van der Waals surface area contributed by atoms with Gasteiger partial charge in [-0.1, -0.05) is 30.3 Å². The zero-order valence-electron chi connectivity index (χ0n) is 20.3. The second kappa shape index (κ2) is 11.3. The van der Waals surface area contributed by atoms with Gasteiger partial charge < -0.3 is 25.4 Å². The van der Waals surface area contributed by atoms with E-state index in [0.717, 1.165) is 11.1 Å². The summed E-state index contributed by atoms with van der Waals surface area (Å²) in [5.41, 5.74) is 6.70. The van der Waals surface area contributed by atoms with Crippen molar-refractivity contribution in [3.63, 3.8) is 0 Å². The molecule has 0 aliphatic carbocycles. The molecule has 2 aromatic carbocycles. The number of aromatic nitrogens is 2. The number of carbonyl (C=O) groups excluding carboxylic acids is 1. The minimum Gasteiger partial charge on any atom is -0.497 e. The SMILES string of the molecule is CCN(CC(=O)NC(C)c1cc(OC)ccc1OC)c1c(N)n(Cc2ccccc2)c(=O)[nH]c1=O. The number of nitrogens with two attached hydrogens (primary N) is 1. The van der Waals surface area contributed by atoms with Crippen molar-refractivity contribution in [1.82, 2.24) is 14.9 Å². The lowest BCUT2D eigenvalue weighted by Crippen LogP contribution is -2.43. The first-order valence-corrected chi connectivity index (χ1v) is 11.2. The third-order valence-electron chi connectivity index (χ3n) is 5.71. The summed E-state index contributed by atoms with van der Waals surface area (Å²) in [6.45, 7) is 4.00. The zero-order chi connectivity index (χ0) is 25.5. The van der Waals surface area contributed by atoms with Gasteiger partial charge in [-0.15, -0.1) is 0 Å². The Morgan fingerprint density at radius 2 is 1.86 bits per heavy atom. The maximum absolute atomic E-state index is 12.9.